The number of hydrogen-bond donors (Lipinski definition) is 2. The highest BCUT2D eigenvalue weighted by molar-refractivity contribution is 6.39. The minimum atomic E-state index is -0.649. The molecule has 2 amide bonds. The number of aromatic nitrogens is 1. The molecule has 2 N–H and O–H groups in total. The third-order valence-corrected chi connectivity index (χ3v) is 4.02. The molecule has 0 saturated carbocycles. The van der Waals surface area contributed by atoms with Gasteiger partial charge in [-0.15, -0.1) is 0 Å². The van der Waals surface area contributed by atoms with E-state index in [2.05, 4.69) is 43.3 Å². The van der Waals surface area contributed by atoms with Crippen LogP contribution in [0.2, 0.25) is 0 Å². The quantitative estimate of drug-likeness (QED) is 0.818. The lowest BCUT2D eigenvalue weighted by Crippen LogP contribution is -2.35. The van der Waals surface area contributed by atoms with E-state index < -0.39 is 11.8 Å². The highest BCUT2D eigenvalue weighted by Gasteiger charge is 2.19. The summed E-state index contributed by atoms with van der Waals surface area (Å²) in [7, 11) is 0. The number of anilines is 1. The van der Waals surface area contributed by atoms with Gasteiger partial charge in [-0.05, 0) is 40.7 Å². The van der Waals surface area contributed by atoms with Crippen LogP contribution in [0.15, 0.2) is 42.7 Å². The Bertz CT molecular complexity index is 714. The molecule has 2 aromatic rings. The monoisotopic (exact) mass is 339 g/mol. The van der Waals surface area contributed by atoms with E-state index in [0.717, 1.165) is 22.4 Å². The molecule has 5 heteroatoms. The van der Waals surface area contributed by atoms with Crippen molar-refractivity contribution in [3.63, 3.8) is 0 Å². The van der Waals surface area contributed by atoms with Crippen LogP contribution in [-0.2, 0) is 16.1 Å². The van der Waals surface area contributed by atoms with Gasteiger partial charge in [0.15, 0.2) is 0 Å². The van der Waals surface area contributed by atoms with E-state index in [4.69, 9.17) is 0 Å². The number of carbonyl (C=O) groups is 2. The summed E-state index contributed by atoms with van der Waals surface area (Å²) in [6, 6.07) is 9.55. The van der Waals surface area contributed by atoms with Crippen LogP contribution in [0.4, 0.5) is 5.69 Å². The Morgan fingerprint density at radius 2 is 1.48 bits per heavy atom. The average Bonchev–Trinajstić information content (AvgIpc) is 2.60. The molecule has 0 aliphatic carbocycles. The molecule has 0 aliphatic heterocycles. The zero-order chi connectivity index (χ0) is 18.4. The summed E-state index contributed by atoms with van der Waals surface area (Å²) in [5.74, 6) is -0.808. The van der Waals surface area contributed by atoms with Crippen LogP contribution in [-0.4, -0.2) is 16.8 Å². The van der Waals surface area contributed by atoms with Gasteiger partial charge in [0.1, 0.15) is 0 Å². The Kier molecular flexibility index (Phi) is 6.28. The van der Waals surface area contributed by atoms with Crippen molar-refractivity contribution < 1.29 is 9.59 Å². The van der Waals surface area contributed by atoms with E-state index in [-0.39, 0.29) is 18.4 Å². The predicted octanol–water partition coefficient (Wildman–Crippen LogP) is 3.58. The molecule has 1 aromatic carbocycles. The summed E-state index contributed by atoms with van der Waals surface area (Å²) in [6.45, 7) is 8.56. The van der Waals surface area contributed by atoms with E-state index in [1.807, 2.05) is 18.2 Å². The van der Waals surface area contributed by atoms with Crippen LogP contribution in [0, 0.1) is 0 Å². The normalized spacial score (nSPS) is 10.8. The second kappa shape index (κ2) is 8.42. The van der Waals surface area contributed by atoms with Crippen molar-refractivity contribution in [2.24, 2.45) is 0 Å². The Morgan fingerprint density at radius 3 is 2.00 bits per heavy atom. The van der Waals surface area contributed by atoms with Crippen molar-refractivity contribution in [1.82, 2.24) is 10.3 Å². The topological polar surface area (TPSA) is 71.1 Å². The fourth-order valence-corrected chi connectivity index (χ4v) is 2.63. The van der Waals surface area contributed by atoms with Gasteiger partial charge >= 0.3 is 11.8 Å². The van der Waals surface area contributed by atoms with Crippen molar-refractivity contribution in [3.05, 3.63) is 59.4 Å². The summed E-state index contributed by atoms with van der Waals surface area (Å²) < 4.78 is 0. The summed E-state index contributed by atoms with van der Waals surface area (Å²) in [5, 5.41) is 5.45. The van der Waals surface area contributed by atoms with Gasteiger partial charge in [-0.1, -0.05) is 45.9 Å². The Morgan fingerprint density at radius 1 is 0.920 bits per heavy atom. The number of para-hydroxylation sites is 1. The number of pyridine rings is 1. The number of rotatable bonds is 5. The van der Waals surface area contributed by atoms with Crippen molar-refractivity contribution in [3.8, 4) is 0 Å². The zero-order valence-corrected chi connectivity index (χ0v) is 15.2. The van der Waals surface area contributed by atoms with E-state index in [1.54, 1.807) is 24.5 Å². The van der Waals surface area contributed by atoms with Crippen molar-refractivity contribution in [2.75, 3.05) is 5.32 Å². The van der Waals surface area contributed by atoms with Crippen LogP contribution < -0.4 is 10.6 Å². The number of amides is 2. The first-order valence-corrected chi connectivity index (χ1v) is 8.51. The second-order valence-electron chi connectivity index (χ2n) is 6.61. The fourth-order valence-electron chi connectivity index (χ4n) is 2.63. The zero-order valence-electron chi connectivity index (χ0n) is 15.2. The molecule has 132 valence electrons. The largest absolute Gasteiger partial charge is 0.344 e. The second-order valence-corrected chi connectivity index (χ2v) is 6.61. The van der Waals surface area contributed by atoms with Gasteiger partial charge in [-0.2, -0.15) is 0 Å². The van der Waals surface area contributed by atoms with Crippen molar-refractivity contribution in [2.45, 2.75) is 46.1 Å². The van der Waals surface area contributed by atoms with Crippen LogP contribution in [0.3, 0.4) is 0 Å². The molecule has 2 rings (SSSR count). The van der Waals surface area contributed by atoms with Gasteiger partial charge in [0, 0.05) is 24.6 Å². The summed E-state index contributed by atoms with van der Waals surface area (Å²) in [4.78, 5) is 28.4. The molecule has 0 saturated heterocycles. The van der Waals surface area contributed by atoms with Gasteiger partial charge < -0.3 is 10.6 Å². The number of nitrogens with one attached hydrogen (secondary N) is 2. The average molecular weight is 339 g/mol. The van der Waals surface area contributed by atoms with E-state index in [1.165, 1.54) is 0 Å². The van der Waals surface area contributed by atoms with Gasteiger partial charge in [0.05, 0.1) is 0 Å². The number of hydrogen-bond acceptors (Lipinski definition) is 3. The standard InChI is InChI=1S/C20H25N3O2/c1-13(2)16-6-5-7-17(14(3)4)18(16)23-20(25)19(24)22-12-15-8-10-21-11-9-15/h5-11,13-14H,12H2,1-4H3,(H,22,24)(H,23,25). The van der Waals surface area contributed by atoms with Gasteiger partial charge in [0.25, 0.3) is 0 Å². The van der Waals surface area contributed by atoms with Crippen LogP contribution in [0.5, 0.6) is 0 Å². The number of carbonyl (C=O) groups excluding carboxylic acids is 2. The van der Waals surface area contributed by atoms with E-state index >= 15 is 0 Å². The minimum absolute atomic E-state index is 0.244. The van der Waals surface area contributed by atoms with Gasteiger partial charge in [-0.3, -0.25) is 14.6 Å². The molecular weight excluding hydrogens is 314 g/mol. The lowest BCUT2D eigenvalue weighted by molar-refractivity contribution is -0.136. The van der Waals surface area contributed by atoms with Crippen LogP contribution in [0.1, 0.15) is 56.2 Å². The summed E-state index contributed by atoms with van der Waals surface area (Å²) >= 11 is 0. The van der Waals surface area contributed by atoms with Gasteiger partial charge in [-0.25, -0.2) is 0 Å². The molecule has 5 nitrogen and oxygen atoms in total. The Balaban J connectivity index is 2.12. The third kappa shape index (κ3) is 4.89. The molecule has 0 unspecified atom stereocenters. The van der Waals surface area contributed by atoms with E-state index in [0.29, 0.717) is 0 Å². The molecule has 0 radical (unpaired) electrons. The molecule has 0 bridgehead atoms. The molecule has 1 heterocycles. The van der Waals surface area contributed by atoms with Crippen LogP contribution in [0.25, 0.3) is 0 Å². The smallest absolute Gasteiger partial charge is 0.313 e. The SMILES string of the molecule is CC(C)c1cccc(C(C)C)c1NC(=O)C(=O)NCc1ccncc1. The first-order chi connectivity index (χ1) is 11.9. The maximum atomic E-state index is 12.3. The number of nitrogens with zero attached hydrogens (tertiary/aromatic N) is 1. The number of benzene rings is 1. The third-order valence-electron chi connectivity index (χ3n) is 4.02. The highest BCUT2D eigenvalue weighted by atomic mass is 16.2. The molecule has 1 aromatic heterocycles. The minimum Gasteiger partial charge on any atom is -0.344 e. The molecule has 0 atom stereocenters. The maximum Gasteiger partial charge on any atom is 0.313 e. The van der Waals surface area contributed by atoms with Crippen LogP contribution >= 0.6 is 0 Å². The molecule has 0 fully saturated rings. The first kappa shape index (κ1) is 18.6. The van der Waals surface area contributed by atoms with Crippen molar-refractivity contribution >= 4 is 17.5 Å². The lowest BCUT2D eigenvalue weighted by atomic mass is 9.92. The molecule has 0 spiro atoms. The molecular formula is C20H25N3O2. The molecule has 25 heavy (non-hydrogen) atoms. The lowest BCUT2D eigenvalue weighted by Gasteiger charge is -2.20. The highest BCUT2D eigenvalue weighted by Crippen LogP contribution is 2.32. The summed E-state index contributed by atoms with van der Waals surface area (Å²) in [5.41, 5.74) is 3.70. The summed E-state index contributed by atoms with van der Waals surface area (Å²) in [6.07, 6.45) is 3.30. The first-order valence-electron chi connectivity index (χ1n) is 8.51. The Hall–Kier alpha value is -2.69. The van der Waals surface area contributed by atoms with Crippen molar-refractivity contribution in [1.29, 1.82) is 0 Å². The fraction of sp³-hybridized carbons (Fsp3) is 0.350. The predicted molar refractivity (Wildman–Crippen MR) is 99.3 cm³/mol. The molecule has 0 aliphatic rings. The maximum absolute atomic E-state index is 12.3. The van der Waals surface area contributed by atoms with Gasteiger partial charge in [0.2, 0.25) is 0 Å². The van der Waals surface area contributed by atoms with E-state index in [9.17, 15) is 9.59 Å². The Labute approximate surface area is 148 Å².